The number of carbonyl (C=O) groups is 2. The number of hydrogen-bond acceptors (Lipinski definition) is 3. The van der Waals surface area contributed by atoms with Gasteiger partial charge in [-0.05, 0) is 42.5 Å². The van der Waals surface area contributed by atoms with E-state index in [1.54, 1.807) is 0 Å². The summed E-state index contributed by atoms with van der Waals surface area (Å²) in [5.74, 6) is -2.49. The van der Waals surface area contributed by atoms with Gasteiger partial charge in [-0.25, -0.2) is 0 Å². The molecular formula is C15H10ClF3N2O3. The van der Waals surface area contributed by atoms with Crippen molar-refractivity contribution in [2.75, 3.05) is 10.6 Å². The molecule has 0 saturated heterocycles. The van der Waals surface area contributed by atoms with Crippen LogP contribution in [0.4, 0.5) is 24.5 Å². The lowest BCUT2D eigenvalue weighted by atomic mass is 10.1. The molecule has 0 saturated carbocycles. The lowest BCUT2D eigenvalue weighted by molar-refractivity contribution is -0.137. The number of halogens is 4. The largest absolute Gasteiger partial charge is 0.508 e. The third kappa shape index (κ3) is 4.39. The number of amides is 2. The first kappa shape index (κ1) is 17.6. The summed E-state index contributed by atoms with van der Waals surface area (Å²) in [5.41, 5.74) is -1.56. The Labute approximate surface area is 139 Å². The number of rotatable bonds is 2. The molecule has 2 amide bonds. The van der Waals surface area contributed by atoms with Crippen molar-refractivity contribution >= 4 is 34.8 Å². The topological polar surface area (TPSA) is 78.4 Å². The van der Waals surface area contributed by atoms with Crippen molar-refractivity contribution in [3.05, 3.63) is 53.1 Å². The lowest BCUT2D eigenvalue weighted by Crippen LogP contribution is -2.30. The van der Waals surface area contributed by atoms with E-state index in [4.69, 9.17) is 16.7 Å². The highest BCUT2D eigenvalue weighted by atomic mass is 35.5. The second kappa shape index (κ2) is 6.79. The van der Waals surface area contributed by atoms with Crippen molar-refractivity contribution in [3.8, 4) is 5.75 Å². The van der Waals surface area contributed by atoms with Gasteiger partial charge in [0, 0.05) is 10.7 Å². The minimum Gasteiger partial charge on any atom is -0.508 e. The van der Waals surface area contributed by atoms with Gasteiger partial charge < -0.3 is 15.7 Å². The highest BCUT2D eigenvalue weighted by molar-refractivity contribution is 6.43. The summed E-state index contributed by atoms with van der Waals surface area (Å²) in [6.07, 6.45) is -4.75. The van der Waals surface area contributed by atoms with E-state index in [0.29, 0.717) is 6.07 Å². The molecule has 0 heterocycles. The monoisotopic (exact) mass is 358 g/mol. The van der Waals surface area contributed by atoms with Crippen LogP contribution in [0.3, 0.4) is 0 Å². The molecule has 24 heavy (non-hydrogen) atoms. The molecule has 2 aromatic carbocycles. The molecule has 0 spiro atoms. The molecule has 0 fully saturated rings. The van der Waals surface area contributed by atoms with Gasteiger partial charge in [0.2, 0.25) is 0 Å². The minimum atomic E-state index is -4.75. The highest BCUT2D eigenvalue weighted by Gasteiger charge is 2.34. The molecule has 2 aromatic rings. The molecule has 9 heteroatoms. The number of nitrogens with one attached hydrogen (secondary N) is 2. The third-order valence-electron chi connectivity index (χ3n) is 2.87. The zero-order valence-electron chi connectivity index (χ0n) is 11.8. The molecule has 0 unspecified atom stereocenters. The van der Waals surface area contributed by atoms with Gasteiger partial charge >= 0.3 is 18.0 Å². The van der Waals surface area contributed by atoms with Crippen molar-refractivity contribution in [2.45, 2.75) is 6.18 Å². The Bertz CT molecular complexity index is 777. The summed E-state index contributed by atoms with van der Waals surface area (Å²) < 4.78 is 38.8. The fourth-order valence-electron chi connectivity index (χ4n) is 1.77. The van der Waals surface area contributed by atoms with Crippen molar-refractivity contribution in [3.63, 3.8) is 0 Å². The van der Waals surface area contributed by atoms with Gasteiger partial charge in [0.25, 0.3) is 0 Å². The molecule has 0 aromatic heterocycles. The predicted molar refractivity (Wildman–Crippen MR) is 81.8 cm³/mol. The fourth-order valence-corrected chi connectivity index (χ4v) is 1.94. The number of aromatic hydroxyl groups is 1. The molecule has 0 radical (unpaired) electrons. The van der Waals surface area contributed by atoms with Crippen LogP contribution in [-0.2, 0) is 15.8 Å². The molecule has 0 aliphatic heterocycles. The number of hydrogen-bond donors (Lipinski definition) is 3. The van der Waals surface area contributed by atoms with Crippen molar-refractivity contribution in [2.24, 2.45) is 0 Å². The quantitative estimate of drug-likeness (QED) is 0.566. The molecule has 126 valence electrons. The Kier molecular flexibility index (Phi) is 4.99. The Hall–Kier alpha value is -2.74. The van der Waals surface area contributed by atoms with E-state index in [0.717, 1.165) is 12.1 Å². The predicted octanol–water partition coefficient (Wildman–Crippen LogP) is 3.64. The van der Waals surface area contributed by atoms with E-state index < -0.39 is 29.2 Å². The van der Waals surface area contributed by atoms with Gasteiger partial charge in [0.05, 0.1) is 11.3 Å². The van der Waals surface area contributed by atoms with Crippen LogP contribution in [0.15, 0.2) is 42.5 Å². The molecule has 2 rings (SSSR count). The van der Waals surface area contributed by atoms with Gasteiger partial charge in [-0.15, -0.1) is 0 Å². The van der Waals surface area contributed by atoms with E-state index in [1.165, 1.54) is 24.3 Å². The van der Waals surface area contributed by atoms with Crippen LogP contribution in [-0.4, -0.2) is 16.9 Å². The summed E-state index contributed by atoms with van der Waals surface area (Å²) in [6.45, 7) is 0. The second-order valence-corrected chi connectivity index (χ2v) is 5.08. The molecule has 0 aliphatic rings. The first-order valence-electron chi connectivity index (χ1n) is 6.45. The molecule has 3 N–H and O–H groups in total. The normalized spacial score (nSPS) is 11.0. The summed E-state index contributed by atoms with van der Waals surface area (Å²) >= 11 is 5.53. The first-order valence-corrected chi connectivity index (χ1v) is 6.83. The van der Waals surface area contributed by atoms with Crippen LogP contribution in [0, 0.1) is 0 Å². The van der Waals surface area contributed by atoms with E-state index in [9.17, 15) is 22.8 Å². The Morgan fingerprint density at radius 3 is 2.12 bits per heavy atom. The third-order valence-corrected chi connectivity index (χ3v) is 3.10. The van der Waals surface area contributed by atoms with Gasteiger partial charge in [-0.3, -0.25) is 9.59 Å². The molecule has 0 bridgehead atoms. The van der Waals surface area contributed by atoms with Crippen molar-refractivity contribution in [1.82, 2.24) is 0 Å². The Morgan fingerprint density at radius 2 is 1.54 bits per heavy atom. The zero-order chi connectivity index (χ0) is 17.9. The number of anilines is 2. The fraction of sp³-hybridized carbons (Fsp3) is 0.0667. The number of benzene rings is 2. The maximum absolute atomic E-state index is 12.9. The van der Waals surface area contributed by atoms with E-state index in [1.807, 2.05) is 5.32 Å². The Morgan fingerprint density at radius 1 is 0.958 bits per heavy atom. The summed E-state index contributed by atoms with van der Waals surface area (Å²) in [5, 5.41) is 13.0. The SMILES string of the molecule is O=C(Nc1ccc(O)cc1)C(=O)Nc1ccc(Cl)cc1C(F)(F)F. The maximum Gasteiger partial charge on any atom is 0.418 e. The Balaban J connectivity index is 2.14. The number of phenolic OH excluding ortho intramolecular Hbond substituents is 1. The van der Waals surface area contributed by atoms with Gasteiger partial charge in [-0.1, -0.05) is 11.6 Å². The van der Waals surface area contributed by atoms with E-state index in [2.05, 4.69) is 5.32 Å². The first-order chi connectivity index (χ1) is 11.2. The maximum atomic E-state index is 12.9. The van der Waals surface area contributed by atoms with Crippen LogP contribution < -0.4 is 10.6 Å². The van der Waals surface area contributed by atoms with Crippen LogP contribution >= 0.6 is 11.6 Å². The van der Waals surface area contributed by atoms with Crippen molar-refractivity contribution in [1.29, 1.82) is 0 Å². The van der Waals surface area contributed by atoms with Crippen LogP contribution in [0.5, 0.6) is 5.75 Å². The summed E-state index contributed by atoms with van der Waals surface area (Å²) in [6, 6.07) is 7.95. The molecular weight excluding hydrogens is 349 g/mol. The zero-order valence-corrected chi connectivity index (χ0v) is 12.6. The molecule has 0 atom stereocenters. The summed E-state index contributed by atoms with van der Waals surface area (Å²) in [7, 11) is 0. The van der Waals surface area contributed by atoms with E-state index in [-0.39, 0.29) is 16.5 Å². The van der Waals surface area contributed by atoms with Gasteiger partial charge in [0.15, 0.2) is 0 Å². The van der Waals surface area contributed by atoms with Crippen LogP contribution in [0.25, 0.3) is 0 Å². The molecule has 0 aliphatic carbocycles. The number of alkyl halides is 3. The number of carbonyl (C=O) groups excluding carboxylic acids is 2. The summed E-state index contributed by atoms with van der Waals surface area (Å²) in [4.78, 5) is 23.5. The minimum absolute atomic E-state index is 0.0477. The average molecular weight is 359 g/mol. The number of phenols is 1. The smallest absolute Gasteiger partial charge is 0.418 e. The highest BCUT2D eigenvalue weighted by Crippen LogP contribution is 2.36. The van der Waals surface area contributed by atoms with Crippen molar-refractivity contribution < 1.29 is 27.9 Å². The second-order valence-electron chi connectivity index (χ2n) is 4.64. The standard InChI is InChI=1S/C15H10ClF3N2O3/c16-8-1-6-12(11(7-8)15(17,18)19)21-14(24)13(23)20-9-2-4-10(22)5-3-9/h1-7,22H,(H,20,23)(H,21,24). The average Bonchev–Trinajstić information content (AvgIpc) is 2.50. The van der Waals surface area contributed by atoms with Crippen LogP contribution in [0.1, 0.15) is 5.56 Å². The van der Waals surface area contributed by atoms with Crippen LogP contribution in [0.2, 0.25) is 5.02 Å². The van der Waals surface area contributed by atoms with Gasteiger partial charge in [0.1, 0.15) is 5.75 Å². The van der Waals surface area contributed by atoms with E-state index >= 15 is 0 Å². The molecule has 5 nitrogen and oxygen atoms in total. The lowest BCUT2D eigenvalue weighted by Gasteiger charge is -2.14. The van der Waals surface area contributed by atoms with Gasteiger partial charge in [-0.2, -0.15) is 13.2 Å².